The average Bonchev–Trinajstić information content (AvgIpc) is 3.04. The Morgan fingerprint density at radius 2 is 2.00 bits per heavy atom. The van der Waals surface area contributed by atoms with Gasteiger partial charge >= 0.3 is 0 Å². The van der Waals surface area contributed by atoms with E-state index >= 15 is 0 Å². The quantitative estimate of drug-likeness (QED) is 0.722. The zero-order valence-electron chi connectivity index (χ0n) is 16.0. The molecule has 3 aromatic rings. The van der Waals surface area contributed by atoms with E-state index in [-0.39, 0.29) is 5.56 Å². The number of aromatic nitrogens is 3. The molecule has 0 saturated carbocycles. The van der Waals surface area contributed by atoms with Gasteiger partial charge < -0.3 is 9.55 Å². The lowest BCUT2D eigenvalue weighted by Gasteiger charge is -2.32. The van der Waals surface area contributed by atoms with Gasteiger partial charge in [0.15, 0.2) is 0 Å². The first kappa shape index (κ1) is 18.0. The van der Waals surface area contributed by atoms with Gasteiger partial charge in [-0.2, -0.15) is 0 Å². The molecule has 1 fully saturated rings. The van der Waals surface area contributed by atoms with Crippen LogP contribution in [-0.2, 0) is 13.1 Å². The van der Waals surface area contributed by atoms with Crippen molar-refractivity contribution < 1.29 is 0 Å². The number of rotatable bonds is 6. The van der Waals surface area contributed by atoms with Gasteiger partial charge in [-0.1, -0.05) is 25.5 Å². The van der Waals surface area contributed by atoms with Gasteiger partial charge in [-0.15, -0.1) is 0 Å². The number of piperidine rings is 1. The highest BCUT2D eigenvalue weighted by Crippen LogP contribution is 2.28. The number of benzene rings is 1. The number of aryl methyl sites for hydroxylation is 1. The molecule has 3 heterocycles. The third-order valence-electron chi connectivity index (χ3n) is 5.69. The van der Waals surface area contributed by atoms with E-state index in [1.165, 1.54) is 29.7 Å². The van der Waals surface area contributed by atoms with E-state index in [0.717, 1.165) is 44.5 Å². The first-order valence-electron chi connectivity index (χ1n) is 10.1. The number of imidazole rings is 1. The minimum atomic E-state index is -0.000397. The zero-order valence-corrected chi connectivity index (χ0v) is 16.0. The monoisotopic (exact) mass is 364 g/mol. The molecule has 2 aromatic heterocycles. The topological polar surface area (TPSA) is 53.9 Å². The molecule has 5 nitrogen and oxygen atoms in total. The van der Waals surface area contributed by atoms with Gasteiger partial charge in [-0.3, -0.25) is 9.69 Å². The zero-order chi connectivity index (χ0) is 18.6. The summed E-state index contributed by atoms with van der Waals surface area (Å²) in [6.07, 6.45) is 6.32. The number of para-hydroxylation sites is 2. The number of hydrogen-bond acceptors (Lipinski definition) is 3. The Balaban J connectivity index is 1.46. The normalized spacial score (nSPS) is 16.2. The van der Waals surface area contributed by atoms with Crippen molar-refractivity contribution in [1.82, 2.24) is 19.4 Å². The summed E-state index contributed by atoms with van der Waals surface area (Å²) in [4.78, 5) is 21.7. The standard InChI is InChI=1S/C22H28N4O/c1-2-3-12-26-20-7-5-4-6-19(20)24-21(26)16-25-13-9-17(10-14-25)18-8-11-23-22(27)15-18/h4-8,11,15,17H,2-3,9-10,12-14,16H2,1H3,(H,23,27). The number of aromatic amines is 1. The minimum absolute atomic E-state index is 0.000397. The molecular weight excluding hydrogens is 336 g/mol. The molecule has 5 heteroatoms. The van der Waals surface area contributed by atoms with Gasteiger partial charge in [0.25, 0.3) is 0 Å². The molecule has 0 atom stereocenters. The molecule has 1 aliphatic rings. The molecule has 4 rings (SSSR count). The molecule has 0 amide bonds. The Hall–Kier alpha value is -2.40. The van der Waals surface area contributed by atoms with Crippen molar-refractivity contribution in [2.75, 3.05) is 13.1 Å². The van der Waals surface area contributed by atoms with Crippen molar-refractivity contribution in [1.29, 1.82) is 0 Å². The van der Waals surface area contributed by atoms with E-state index in [1.807, 2.05) is 6.07 Å². The third-order valence-corrected chi connectivity index (χ3v) is 5.69. The second-order valence-corrected chi connectivity index (χ2v) is 7.56. The highest BCUT2D eigenvalue weighted by Gasteiger charge is 2.22. The Labute approximate surface area is 160 Å². The number of H-pyrrole nitrogens is 1. The second-order valence-electron chi connectivity index (χ2n) is 7.56. The van der Waals surface area contributed by atoms with Gasteiger partial charge in [-0.05, 0) is 62.0 Å². The summed E-state index contributed by atoms with van der Waals surface area (Å²) < 4.78 is 2.40. The van der Waals surface area contributed by atoms with Crippen LogP contribution in [0.25, 0.3) is 11.0 Å². The molecule has 142 valence electrons. The van der Waals surface area contributed by atoms with Gasteiger partial charge in [-0.25, -0.2) is 4.98 Å². The molecule has 0 radical (unpaired) electrons. The maximum atomic E-state index is 11.6. The lowest BCUT2D eigenvalue weighted by molar-refractivity contribution is 0.198. The molecule has 0 aliphatic carbocycles. The van der Waals surface area contributed by atoms with Crippen LogP contribution >= 0.6 is 0 Å². The molecule has 1 N–H and O–H groups in total. The van der Waals surface area contributed by atoms with E-state index in [4.69, 9.17) is 4.98 Å². The fourth-order valence-electron chi connectivity index (χ4n) is 4.15. The molecular formula is C22H28N4O. The Kier molecular flexibility index (Phi) is 5.39. The fourth-order valence-corrected chi connectivity index (χ4v) is 4.15. The molecule has 0 bridgehead atoms. The van der Waals surface area contributed by atoms with Gasteiger partial charge in [0.2, 0.25) is 5.56 Å². The molecule has 0 unspecified atom stereocenters. The summed E-state index contributed by atoms with van der Waals surface area (Å²) >= 11 is 0. The van der Waals surface area contributed by atoms with Crippen LogP contribution in [0.1, 0.15) is 49.9 Å². The van der Waals surface area contributed by atoms with Crippen LogP contribution in [0.5, 0.6) is 0 Å². The van der Waals surface area contributed by atoms with Crippen molar-refractivity contribution in [2.24, 2.45) is 0 Å². The van der Waals surface area contributed by atoms with E-state index < -0.39 is 0 Å². The number of fused-ring (bicyclic) bond motifs is 1. The number of likely N-dealkylation sites (tertiary alicyclic amines) is 1. The van der Waals surface area contributed by atoms with Gasteiger partial charge in [0.05, 0.1) is 17.6 Å². The van der Waals surface area contributed by atoms with Crippen molar-refractivity contribution in [2.45, 2.75) is 51.6 Å². The lowest BCUT2D eigenvalue weighted by Crippen LogP contribution is -2.33. The number of unbranched alkanes of at least 4 members (excludes halogenated alkanes) is 1. The van der Waals surface area contributed by atoms with Crippen LogP contribution in [0, 0.1) is 0 Å². The number of pyridine rings is 1. The molecule has 1 saturated heterocycles. The number of nitrogens with zero attached hydrogens (tertiary/aromatic N) is 3. The van der Waals surface area contributed by atoms with E-state index in [9.17, 15) is 4.79 Å². The Morgan fingerprint density at radius 3 is 2.78 bits per heavy atom. The van der Waals surface area contributed by atoms with E-state index in [2.05, 4.69) is 45.6 Å². The SMILES string of the molecule is CCCCn1c(CN2CCC(c3cc[nH]c(=O)c3)CC2)nc2ccccc21. The minimum Gasteiger partial charge on any atom is -0.329 e. The van der Waals surface area contributed by atoms with Crippen LogP contribution in [0.4, 0.5) is 0 Å². The summed E-state index contributed by atoms with van der Waals surface area (Å²) in [6, 6.07) is 12.3. The third kappa shape index (κ3) is 3.98. The Bertz CT molecular complexity index is 950. The van der Waals surface area contributed by atoms with Gasteiger partial charge in [0.1, 0.15) is 5.82 Å². The lowest BCUT2D eigenvalue weighted by atomic mass is 9.90. The molecule has 1 aliphatic heterocycles. The first-order valence-corrected chi connectivity index (χ1v) is 10.1. The number of nitrogens with one attached hydrogen (secondary N) is 1. The van der Waals surface area contributed by atoms with E-state index in [1.54, 1.807) is 12.3 Å². The van der Waals surface area contributed by atoms with Crippen LogP contribution in [0.2, 0.25) is 0 Å². The Morgan fingerprint density at radius 1 is 1.19 bits per heavy atom. The summed E-state index contributed by atoms with van der Waals surface area (Å²) in [6.45, 7) is 6.28. The van der Waals surface area contributed by atoms with Crippen molar-refractivity contribution >= 4 is 11.0 Å². The van der Waals surface area contributed by atoms with E-state index in [0.29, 0.717) is 5.92 Å². The summed E-state index contributed by atoms with van der Waals surface area (Å²) in [7, 11) is 0. The average molecular weight is 364 g/mol. The summed E-state index contributed by atoms with van der Waals surface area (Å²) in [5.74, 6) is 1.67. The molecule has 0 spiro atoms. The van der Waals surface area contributed by atoms with Gasteiger partial charge in [0, 0.05) is 18.8 Å². The van der Waals surface area contributed by atoms with Crippen molar-refractivity contribution in [3.63, 3.8) is 0 Å². The fraction of sp³-hybridized carbons (Fsp3) is 0.455. The predicted octanol–water partition coefficient (Wildman–Crippen LogP) is 3.90. The predicted molar refractivity (Wildman–Crippen MR) is 109 cm³/mol. The smallest absolute Gasteiger partial charge is 0.248 e. The molecule has 1 aromatic carbocycles. The van der Waals surface area contributed by atoms with Crippen LogP contribution in [0.15, 0.2) is 47.4 Å². The maximum Gasteiger partial charge on any atom is 0.248 e. The first-order chi connectivity index (χ1) is 13.2. The van der Waals surface area contributed by atoms with Crippen molar-refractivity contribution in [3.05, 3.63) is 64.3 Å². The highest BCUT2D eigenvalue weighted by molar-refractivity contribution is 5.75. The summed E-state index contributed by atoms with van der Waals surface area (Å²) in [5, 5.41) is 0. The molecule has 27 heavy (non-hydrogen) atoms. The van der Waals surface area contributed by atoms with Crippen LogP contribution in [-0.4, -0.2) is 32.5 Å². The maximum absolute atomic E-state index is 11.6. The van der Waals surface area contributed by atoms with Crippen LogP contribution < -0.4 is 5.56 Å². The van der Waals surface area contributed by atoms with Crippen LogP contribution in [0.3, 0.4) is 0 Å². The van der Waals surface area contributed by atoms with Crippen molar-refractivity contribution in [3.8, 4) is 0 Å². The highest BCUT2D eigenvalue weighted by atomic mass is 16.1. The largest absolute Gasteiger partial charge is 0.329 e. The summed E-state index contributed by atoms with van der Waals surface area (Å²) in [5.41, 5.74) is 3.52. The second kappa shape index (κ2) is 8.09. The number of hydrogen-bond donors (Lipinski definition) is 1.